The summed E-state index contributed by atoms with van der Waals surface area (Å²) in [5.41, 5.74) is -0.829. The lowest BCUT2D eigenvalue weighted by Gasteiger charge is -2.35. The molecule has 7 heteroatoms. The van der Waals surface area contributed by atoms with Gasteiger partial charge < -0.3 is 15.0 Å². The molecule has 0 aromatic carbocycles. The summed E-state index contributed by atoms with van der Waals surface area (Å²) in [6, 6.07) is 3.00. The average molecular weight is 473 g/mol. The summed E-state index contributed by atoms with van der Waals surface area (Å²) in [6.45, 7) is 6.14. The van der Waals surface area contributed by atoms with Crippen LogP contribution in [0.25, 0.3) is 0 Å². The molecule has 2 heterocycles. The number of ether oxygens (including phenoxy) is 1. The van der Waals surface area contributed by atoms with Gasteiger partial charge in [-0.15, -0.1) is 0 Å². The quantitative estimate of drug-likeness (QED) is 0.613. The Labute approximate surface area is 205 Å². The second-order valence-electron chi connectivity index (χ2n) is 11.5. The summed E-state index contributed by atoms with van der Waals surface area (Å²) >= 11 is 0. The minimum absolute atomic E-state index is 0.0505. The Hall–Kier alpha value is -1.65. The Balaban J connectivity index is 1.40. The fraction of sp³-hybridized carbons (Fsp3) is 0.889. The molecule has 2 aliphatic heterocycles. The van der Waals surface area contributed by atoms with Crippen molar-refractivity contribution in [2.75, 3.05) is 39.4 Å². The van der Waals surface area contributed by atoms with Gasteiger partial charge in [-0.05, 0) is 37.5 Å². The van der Waals surface area contributed by atoms with Gasteiger partial charge in [-0.3, -0.25) is 14.5 Å². The molecule has 0 radical (unpaired) electrons. The molecule has 2 saturated heterocycles. The number of carbonyl (C=O) groups is 2. The number of rotatable bonds is 7. The van der Waals surface area contributed by atoms with Crippen LogP contribution in [0.15, 0.2) is 0 Å². The molecule has 2 amide bonds. The molecule has 190 valence electrons. The van der Waals surface area contributed by atoms with Gasteiger partial charge in [-0.1, -0.05) is 51.9 Å². The summed E-state index contributed by atoms with van der Waals surface area (Å²) in [7, 11) is 0. The van der Waals surface area contributed by atoms with Gasteiger partial charge in [-0.25, -0.2) is 0 Å². The molecule has 2 saturated carbocycles. The van der Waals surface area contributed by atoms with E-state index in [-0.39, 0.29) is 24.2 Å². The van der Waals surface area contributed by atoms with E-state index in [1.807, 2.05) is 4.90 Å². The lowest BCUT2D eigenvalue weighted by Crippen LogP contribution is -2.53. The molecule has 0 spiro atoms. The molecule has 7 nitrogen and oxygen atoms in total. The van der Waals surface area contributed by atoms with Crippen LogP contribution in [0.4, 0.5) is 0 Å². The third kappa shape index (κ3) is 6.51. The molecule has 0 aromatic heterocycles. The van der Waals surface area contributed by atoms with Gasteiger partial charge in [0.15, 0.2) is 0 Å². The highest BCUT2D eigenvalue weighted by atomic mass is 16.5. The fourth-order valence-electron chi connectivity index (χ4n) is 6.70. The van der Waals surface area contributed by atoms with Gasteiger partial charge in [0.25, 0.3) is 0 Å². The monoisotopic (exact) mass is 472 g/mol. The van der Waals surface area contributed by atoms with E-state index in [0.29, 0.717) is 51.2 Å². The van der Waals surface area contributed by atoms with Crippen molar-refractivity contribution in [3.63, 3.8) is 0 Å². The molecule has 0 aromatic rings. The molecule has 2 aliphatic carbocycles. The number of hydrogen-bond acceptors (Lipinski definition) is 5. The first-order valence-corrected chi connectivity index (χ1v) is 13.8. The number of morpholine rings is 1. The Bertz CT molecular complexity index is 741. The lowest BCUT2D eigenvalue weighted by molar-refractivity contribution is -0.140. The summed E-state index contributed by atoms with van der Waals surface area (Å²) in [6.07, 6.45) is 12.6. The van der Waals surface area contributed by atoms with Crippen LogP contribution in [0, 0.1) is 29.1 Å². The zero-order valence-corrected chi connectivity index (χ0v) is 21.1. The molecule has 4 fully saturated rings. The summed E-state index contributed by atoms with van der Waals surface area (Å²) in [5, 5.41) is 13.3. The highest BCUT2D eigenvalue weighted by molar-refractivity contribution is 5.86. The Kier molecular flexibility index (Phi) is 8.87. The van der Waals surface area contributed by atoms with Crippen molar-refractivity contribution in [3.05, 3.63) is 0 Å². The minimum Gasteiger partial charge on any atom is -0.378 e. The zero-order valence-electron chi connectivity index (χ0n) is 21.1. The minimum atomic E-state index is -0.829. The normalized spacial score (nSPS) is 32.2. The molecule has 4 aliphatic rings. The van der Waals surface area contributed by atoms with Gasteiger partial charge in [0, 0.05) is 44.6 Å². The maximum absolute atomic E-state index is 13.6. The van der Waals surface area contributed by atoms with E-state index in [4.69, 9.17) is 4.74 Å². The molecular formula is C27H44N4O3. The SMILES string of the molecule is C[C@@H]1CCC[C@@H](N2CC[C@](C#N)(NC(=O)[C@@H](CC(=O)N3CCOCC3)CC3CCCCC3)C2)C1. The third-order valence-corrected chi connectivity index (χ3v) is 8.80. The van der Waals surface area contributed by atoms with Gasteiger partial charge in [-0.2, -0.15) is 5.26 Å². The molecular weight excluding hydrogens is 428 g/mol. The van der Waals surface area contributed by atoms with Crippen LogP contribution in [0.1, 0.15) is 84.0 Å². The highest BCUT2D eigenvalue weighted by Gasteiger charge is 2.44. The first-order chi connectivity index (χ1) is 16.5. The first kappa shape index (κ1) is 25.4. The molecule has 34 heavy (non-hydrogen) atoms. The maximum atomic E-state index is 13.6. The number of nitrogens with one attached hydrogen (secondary N) is 1. The second-order valence-corrected chi connectivity index (χ2v) is 11.5. The van der Waals surface area contributed by atoms with E-state index < -0.39 is 5.54 Å². The summed E-state index contributed by atoms with van der Waals surface area (Å²) < 4.78 is 5.39. The van der Waals surface area contributed by atoms with Crippen molar-refractivity contribution < 1.29 is 14.3 Å². The van der Waals surface area contributed by atoms with E-state index in [9.17, 15) is 14.9 Å². The average Bonchev–Trinajstić information content (AvgIpc) is 3.29. The smallest absolute Gasteiger partial charge is 0.224 e. The van der Waals surface area contributed by atoms with Crippen molar-refractivity contribution in [3.8, 4) is 6.07 Å². The van der Waals surface area contributed by atoms with Crippen LogP contribution in [0.5, 0.6) is 0 Å². The molecule has 4 rings (SSSR count). The number of likely N-dealkylation sites (tertiary alicyclic amines) is 1. The largest absolute Gasteiger partial charge is 0.378 e. The van der Waals surface area contributed by atoms with Crippen LogP contribution < -0.4 is 5.32 Å². The topological polar surface area (TPSA) is 85.7 Å². The summed E-state index contributed by atoms with van der Waals surface area (Å²) in [5.74, 6) is 0.842. The van der Waals surface area contributed by atoms with Gasteiger partial charge in [0.2, 0.25) is 11.8 Å². The van der Waals surface area contributed by atoms with Crippen molar-refractivity contribution in [2.45, 2.75) is 95.6 Å². The Morgan fingerprint density at radius 1 is 1.09 bits per heavy atom. The lowest BCUT2D eigenvalue weighted by atomic mass is 9.81. The van der Waals surface area contributed by atoms with Gasteiger partial charge in [0.05, 0.1) is 19.3 Å². The number of amides is 2. The number of carbonyl (C=O) groups excluding carboxylic acids is 2. The third-order valence-electron chi connectivity index (χ3n) is 8.80. The molecule has 0 unspecified atom stereocenters. The van der Waals surface area contributed by atoms with Gasteiger partial charge in [0.1, 0.15) is 5.54 Å². The fourth-order valence-corrected chi connectivity index (χ4v) is 6.70. The second kappa shape index (κ2) is 11.9. The number of nitrogens with zero attached hydrogens (tertiary/aromatic N) is 3. The standard InChI is InChI=1S/C27H44N4O3/c1-21-6-5-9-24(16-21)31-11-10-27(19-28,20-31)29-26(33)23(17-22-7-3-2-4-8-22)18-25(32)30-12-14-34-15-13-30/h21-24H,2-18,20H2,1H3,(H,29,33)/t21-,23-,24-,27-/m1/s1. The first-order valence-electron chi connectivity index (χ1n) is 13.8. The van der Waals surface area contributed by atoms with E-state index in [2.05, 4.69) is 23.2 Å². The Morgan fingerprint density at radius 2 is 1.85 bits per heavy atom. The summed E-state index contributed by atoms with van der Waals surface area (Å²) in [4.78, 5) is 30.9. The zero-order chi connectivity index (χ0) is 24.0. The number of nitriles is 1. The van der Waals surface area contributed by atoms with Crippen LogP contribution in [-0.2, 0) is 14.3 Å². The predicted molar refractivity (Wildman–Crippen MR) is 131 cm³/mol. The van der Waals surface area contributed by atoms with Crippen molar-refractivity contribution in [1.29, 1.82) is 5.26 Å². The van der Waals surface area contributed by atoms with Gasteiger partial charge >= 0.3 is 0 Å². The molecule has 0 bridgehead atoms. The van der Waals surface area contributed by atoms with Crippen molar-refractivity contribution in [1.82, 2.24) is 15.1 Å². The number of hydrogen-bond donors (Lipinski definition) is 1. The van der Waals surface area contributed by atoms with Crippen molar-refractivity contribution >= 4 is 11.8 Å². The highest BCUT2D eigenvalue weighted by Crippen LogP contribution is 2.34. The van der Waals surface area contributed by atoms with E-state index >= 15 is 0 Å². The van der Waals surface area contributed by atoms with Crippen LogP contribution in [0.3, 0.4) is 0 Å². The van der Waals surface area contributed by atoms with E-state index in [1.54, 1.807) is 0 Å². The molecule has 4 atom stereocenters. The Morgan fingerprint density at radius 3 is 2.56 bits per heavy atom. The predicted octanol–water partition coefficient (Wildman–Crippen LogP) is 3.48. The van der Waals surface area contributed by atoms with Crippen LogP contribution >= 0.6 is 0 Å². The van der Waals surface area contributed by atoms with Crippen LogP contribution in [-0.4, -0.2) is 72.6 Å². The molecule has 1 N–H and O–H groups in total. The van der Waals surface area contributed by atoms with Crippen LogP contribution in [0.2, 0.25) is 0 Å². The van der Waals surface area contributed by atoms with Crippen molar-refractivity contribution in [2.24, 2.45) is 17.8 Å². The van der Waals surface area contributed by atoms with E-state index in [1.165, 1.54) is 44.9 Å². The van der Waals surface area contributed by atoms with E-state index in [0.717, 1.165) is 31.7 Å². The maximum Gasteiger partial charge on any atom is 0.224 e.